The van der Waals surface area contributed by atoms with Crippen LogP contribution in [-0.4, -0.2) is 35.1 Å². The van der Waals surface area contributed by atoms with Crippen LogP contribution >= 0.6 is 0 Å². The molecule has 3 aromatic rings. The number of benzene rings is 2. The molecule has 0 spiro atoms. The largest absolute Gasteiger partial charge is 0.497 e. The second-order valence-corrected chi connectivity index (χ2v) is 9.78. The molecule has 0 bridgehead atoms. The first-order valence-electron chi connectivity index (χ1n) is 12.4. The summed E-state index contributed by atoms with van der Waals surface area (Å²) >= 11 is 0. The summed E-state index contributed by atoms with van der Waals surface area (Å²) in [6.45, 7) is 4.38. The Morgan fingerprint density at radius 1 is 1.09 bits per heavy atom. The summed E-state index contributed by atoms with van der Waals surface area (Å²) in [5.74, 6) is 0.474. The number of methoxy groups -OCH3 is 1. The number of rotatable bonds is 5. The van der Waals surface area contributed by atoms with Crippen LogP contribution in [0.5, 0.6) is 5.75 Å². The van der Waals surface area contributed by atoms with Crippen LogP contribution in [0.4, 0.5) is 5.69 Å². The molecule has 1 aliphatic heterocycles. The van der Waals surface area contributed by atoms with Crippen molar-refractivity contribution >= 4 is 28.4 Å². The van der Waals surface area contributed by atoms with Gasteiger partial charge in [-0.05, 0) is 62.1 Å². The van der Waals surface area contributed by atoms with Gasteiger partial charge >= 0.3 is 0 Å². The highest BCUT2D eigenvalue weighted by Crippen LogP contribution is 2.37. The fraction of sp³-hybridized carbons (Fsp3) is 0.429. The predicted octanol–water partition coefficient (Wildman–Crippen LogP) is 5.08. The minimum atomic E-state index is -1.07. The molecule has 1 unspecified atom stereocenters. The lowest BCUT2D eigenvalue weighted by Gasteiger charge is -2.44. The maximum Gasteiger partial charge on any atom is 0.275 e. The van der Waals surface area contributed by atoms with Gasteiger partial charge in [-0.2, -0.15) is 0 Å². The molecule has 0 radical (unpaired) electrons. The standard InChI is InChI=1S/C28H33N3O3/c1-4-19-10-13-22(14-11-19)31-26(32)25-16-20-12-15-23(34-3)17-24(20)30(25)18-28(31,2)27(33)29-21-8-6-5-7-9-21/h10-17,21H,4-9,18H2,1-3H3,(H,29,33). The molecule has 2 aliphatic rings. The molecule has 6 nitrogen and oxygen atoms in total. The van der Waals surface area contributed by atoms with Crippen LogP contribution in [0.2, 0.25) is 0 Å². The molecule has 2 heterocycles. The van der Waals surface area contributed by atoms with E-state index in [1.807, 2.05) is 60.0 Å². The van der Waals surface area contributed by atoms with Crippen molar-refractivity contribution in [2.75, 3.05) is 12.0 Å². The molecule has 6 heteroatoms. The molecule has 1 N–H and O–H groups in total. The number of ether oxygens (including phenoxy) is 1. The third-order valence-corrected chi connectivity index (χ3v) is 7.53. The van der Waals surface area contributed by atoms with Crippen LogP contribution in [0.25, 0.3) is 10.9 Å². The molecule has 34 heavy (non-hydrogen) atoms. The van der Waals surface area contributed by atoms with Crippen molar-refractivity contribution in [3.63, 3.8) is 0 Å². The Kier molecular flexibility index (Phi) is 5.84. The summed E-state index contributed by atoms with van der Waals surface area (Å²) in [5, 5.41) is 4.26. The molecule has 2 amide bonds. The highest BCUT2D eigenvalue weighted by molar-refractivity contribution is 6.14. The number of hydrogen-bond acceptors (Lipinski definition) is 3. The SMILES string of the molecule is CCc1ccc(N2C(=O)c3cc4ccc(OC)cc4n3CC2(C)C(=O)NC2CCCCC2)cc1. The van der Waals surface area contributed by atoms with Crippen LogP contribution in [0.1, 0.15) is 62.0 Å². The summed E-state index contributed by atoms with van der Waals surface area (Å²) in [5.41, 5.74) is 2.37. The Balaban J connectivity index is 1.61. The summed E-state index contributed by atoms with van der Waals surface area (Å²) in [6, 6.07) is 15.9. The number of carbonyl (C=O) groups excluding carboxylic acids is 2. The number of nitrogens with one attached hydrogen (secondary N) is 1. The first kappa shape index (κ1) is 22.5. The molecular weight excluding hydrogens is 426 g/mol. The highest BCUT2D eigenvalue weighted by atomic mass is 16.5. The zero-order valence-corrected chi connectivity index (χ0v) is 20.3. The maximum absolute atomic E-state index is 14.0. The Labute approximate surface area is 200 Å². The lowest BCUT2D eigenvalue weighted by Crippen LogP contribution is -2.65. The van der Waals surface area contributed by atoms with E-state index in [2.05, 4.69) is 12.2 Å². The molecule has 0 saturated heterocycles. The second-order valence-electron chi connectivity index (χ2n) is 9.78. The number of fused-ring (bicyclic) bond motifs is 3. The van der Waals surface area contributed by atoms with Crippen molar-refractivity contribution in [3.05, 3.63) is 59.8 Å². The molecule has 1 saturated carbocycles. The van der Waals surface area contributed by atoms with Crippen molar-refractivity contribution in [1.82, 2.24) is 9.88 Å². The number of amides is 2. The third-order valence-electron chi connectivity index (χ3n) is 7.53. The van der Waals surface area contributed by atoms with E-state index in [-0.39, 0.29) is 17.9 Å². The molecule has 178 valence electrons. The van der Waals surface area contributed by atoms with Gasteiger partial charge in [-0.3, -0.25) is 14.5 Å². The predicted molar refractivity (Wildman–Crippen MR) is 135 cm³/mol. The lowest BCUT2D eigenvalue weighted by molar-refractivity contribution is -0.127. The molecule has 1 atom stereocenters. The summed E-state index contributed by atoms with van der Waals surface area (Å²) < 4.78 is 7.42. The highest BCUT2D eigenvalue weighted by Gasteiger charge is 2.49. The Bertz CT molecular complexity index is 1220. The monoisotopic (exact) mass is 459 g/mol. The first-order valence-corrected chi connectivity index (χ1v) is 12.4. The summed E-state index contributed by atoms with van der Waals surface area (Å²) in [4.78, 5) is 29.6. The second kappa shape index (κ2) is 8.82. The molecule has 2 aromatic carbocycles. The van der Waals surface area contributed by atoms with Crippen LogP contribution in [0.3, 0.4) is 0 Å². The number of carbonyl (C=O) groups is 2. The van der Waals surface area contributed by atoms with Gasteiger partial charge in [0.25, 0.3) is 5.91 Å². The van der Waals surface area contributed by atoms with E-state index in [1.165, 1.54) is 12.0 Å². The molecule has 1 aliphatic carbocycles. The zero-order chi connectivity index (χ0) is 23.9. The summed E-state index contributed by atoms with van der Waals surface area (Å²) in [6.07, 6.45) is 6.40. The van der Waals surface area contributed by atoms with Crippen LogP contribution in [0, 0.1) is 0 Å². The van der Waals surface area contributed by atoms with Gasteiger partial charge in [-0.1, -0.05) is 38.3 Å². The van der Waals surface area contributed by atoms with E-state index in [0.717, 1.165) is 54.4 Å². The van der Waals surface area contributed by atoms with Crippen molar-refractivity contribution < 1.29 is 14.3 Å². The zero-order valence-electron chi connectivity index (χ0n) is 20.3. The fourth-order valence-corrected chi connectivity index (χ4v) is 5.47. The number of aryl methyl sites for hydroxylation is 1. The van der Waals surface area contributed by atoms with Crippen molar-refractivity contribution in [2.45, 2.75) is 70.5 Å². The molecule has 1 aromatic heterocycles. The fourth-order valence-electron chi connectivity index (χ4n) is 5.47. The van der Waals surface area contributed by atoms with E-state index in [0.29, 0.717) is 12.2 Å². The van der Waals surface area contributed by atoms with Crippen molar-refractivity contribution in [3.8, 4) is 5.75 Å². The van der Waals surface area contributed by atoms with Gasteiger partial charge in [0.05, 0.1) is 19.2 Å². The maximum atomic E-state index is 14.0. The smallest absolute Gasteiger partial charge is 0.275 e. The molecule has 1 fully saturated rings. The lowest BCUT2D eigenvalue weighted by atomic mass is 9.91. The topological polar surface area (TPSA) is 63.6 Å². The van der Waals surface area contributed by atoms with Gasteiger partial charge in [-0.15, -0.1) is 0 Å². The number of aromatic nitrogens is 1. The van der Waals surface area contributed by atoms with Gasteiger partial charge in [0.2, 0.25) is 5.91 Å². The number of hydrogen-bond donors (Lipinski definition) is 1. The minimum Gasteiger partial charge on any atom is -0.497 e. The quantitative estimate of drug-likeness (QED) is 0.579. The Hall–Kier alpha value is -3.28. The Morgan fingerprint density at radius 3 is 2.50 bits per heavy atom. The van der Waals surface area contributed by atoms with Crippen LogP contribution in [0.15, 0.2) is 48.5 Å². The number of anilines is 1. The normalized spacial score (nSPS) is 20.9. The van der Waals surface area contributed by atoms with Gasteiger partial charge in [0, 0.05) is 23.2 Å². The van der Waals surface area contributed by atoms with Crippen molar-refractivity contribution in [2.24, 2.45) is 0 Å². The average Bonchev–Trinajstić information content (AvgIpc) is 3.22. The molecular formula is C28H33N3O3. The van der Waals surface area contributed by atoms with E-state index in [9.17, 15) is 9.59 Å². The van der Waals surface area contributed by atoms with Crippen molar-refractivity contribution in [1.29, 1.82) is 0 Å². The van der Waals surface area contributed by atoms with E-state index < -0.39 is 5.54 Å². The van der Waals surface area contributed by atoms with E-state index >= 15 is 0 Å². The third kappa shape index (κ3) is 3.75. The van der Waals surface area contributed by atoms with Gasteiger partial charge < -0.3 is 14.6 Å². The van der Waals surface area contributed by atoms with Gasteiger partial charge in [0.1, 0.15) is 17.0 Å². The number of nitrogens with zero attached hydrogens (tertiary/aromatic N) is 2. The molecule has 5 rings (SSSR count). The summed E-state index contributed by atoms with van der Waals surface area (Å²) in [7, 11) is 1.63. The van der Waals surface area contributed by atoms with Crippen LogP contribution < -0.4 is 15.0 Å². The van der Waals surface area contributed by atoms with E-state index in [1.54, 1.807) is 12.0 Å². The first-order chi connectivity index (χ1) is 16.4. The van der Waals surface area contributed by atoms with Crippen LogP contribution in [-0.2, 0) is 17.8 Å². The van der Waals surface area contributed by atoms with Gasteiger partial charge in [0.15, 0.2) is 0 Å². The van der Waals surface area contributed by atoms with E-state index in [4.69, 9.17) is 4.74 Å². The Morgan fingerprint density at radius 2 is 1.82 bits per heavy atom. The minimum absolute atomic E-state index is 0.0947. The van der Waals surface area contributed by atoms with Gasteiger partial charge in [-0.25, -0.2) is 0 Å². The average molecular weight is 460 g/mol.